The van der Waals surface area contributed by atoms with Crippen LogP contribution >= 0.6 is 0 Å². The average molecular weight is 1450 g/mol. The highest BCUT2D eigenvalue weighted by atomic mass is 15.2. The number of para-hydroxylation sites is 7. The van der Waals surface area contributed by atoms with E-state index >= 15 is 0 Å². The van der Waals surface area contributed by atoms with E-state index in [-0.39, 0.29) is 13.4 Å². The van der Waals surface area contributed by atoms with Gasteiger partial charge in [-0.3, -0.25) is 56.5 Å². The predicted molar refractivity (Wildman–Crippen MR) is 464 cm³/mol. The van der Waals surface area contributed by atoms with Gasteiger partial charge in [-0.2, -0.15) is 0 Å². The maximum absolute atomic E-state index is 5.72. The second-order valence-electron chi connectivity index (χ2n) is 30.9. The third kappa shape index (κ3) is 7.26. The second-order valence-corrected chi connectivity index (χ2v) is 30.9. The van der Waals surface area contributed by atoms with Crippen molar-refractivity contribution in [3.63, 3.8) is 0 Å². The first-order chi connectivity index (χ1) is 56.7. The zero-order chi connectivity index (χ0) is 73.6. The summed E-state index contributed by atoms with van der Waals surface area (Å²) < 4.78 is 20.0. The van der Waals surface area contributed by atoms with Crippen LogP contribution in [0.5, 0.6) is 0 Å². The van der Waals surface area contributed by atoms with Crippen molar-refractivity contribution in [2.45, 2.75) is 0 Å². The summed E-state index contributed by atoms with van der Waals surface area (Å²) in [4.78, 5) is 31.7. The molecule has 0 saturated carbocycles. The molecule has 4 aliphatic heterocycles. The van der Waals surface area contributed by atoms with Gasteiger partial charge in [-0.05, 0) is 178 Å². The fourth-order valence-electron chi connectivity index (χ4n) is 21.3. The lowest BCUT2D eigenvalue weighted by Crippen LogP contribution is -2.59. The number of rotatable bonds is 7. The van der Waals surface area contributed by atoms with Gasteiger partial charge in [0.25, 0.3) is 13.4 Å². The van der Waals surface area contributed by atoms with Gasteiger partial charge in [0.1, 0.15) is 33.9 Å². The highest BCUT2D eigenvalue weighted by molar-refractivity contribution is 7.01. The topological polar surface area (TPSA) is 117 Å². The molecule has 0 spiro atoms. The lowest BCUT2D eigenvalue weighted by atomic mass is 9.34. The van der Waals surface area contributed by atoms with Crippen molar-refractivity contribution >= 4 is 178 Å². The molecule has 14 aromatic heterocycles. The monoisotopic (exact) mass is 1450 g/mol. The van der Waals surface area contributed by atoms with Crippen molar-refractivity contribution in [1.29, 1.82) is 0 Å². The number of nitrogens with zero attached hydrogens (tertiary/aromatic N) is 14. The van der Waals surface area contributed by atoms with E-state index in [2.05, 4.69) is 322 Å². The maximum atomic E-state index is 5.72. The molecular formula is C98H54B2N14. The minimum absolute atomic E-state index is 0.117. The Labute approximate surface area is 648 Å². The Morgan fingerprint density at radius 2 is 0.605 bits per heavy atom. The summed E-state index contributed by atoms with van der Waals surface area (Å²) in [5, 5.41) is 11.4. The van der Waals surface area contributed by atoms with E-state index in [0.717, 1.165) is 167 Å². The third-order valence-corrected chi connectivity index (χ3v) is 25.4. The summed E-state index contributed by atoms with van der Waals surface area (Å²) in [6.45, 7) is -0.234. The third-order valence-electron chi connectivity index (χ3n) is 25.4. The highest BCUT2D eigenvalue weighted by Gasteiger charge is 2.46. The largest absolute Gasteiger partial charge is 0.296 e. The molecule has 114 heavy (non-hydrogen) atoms. The number of aromatic nitrogens is 14. The van der Waals surface area contributed by atoms with Gasteiger partial charge in [0, 0.05) is 142 Å². The van der Waals surface area contributed by atoms with Gasteiger partial charge in [-0.25, -0.2) is 9.97 Å². The summed E-state index contributed by atoms with van der Waals surface area (Å²) in [6, 6.07) is 107. The molecule has 0 atom stereocenters. The molecular weight excluding hydrogens is 1390 g/mol. The van der Waals surface area contributed by atoms with Crippen LogP contribution in [-0.2, 0) is 0 Å². The maximum Gasteiger partial charge on any atom is 0.252 e. The molecule has 4 aliphatic rings. The van der Waals surface area contributed by atoms with Crippen molar-refractivity contribution in [2.75, 3.05) is 0 Å². The Hall–Kier alpha value is -15.4. The van der Waals surface area contributed by atoms with Crippen LogP contribution in [0.3, 0.4) is 0 Å². The van der Waals surface area contributed by atoms with Crippen LogP contribution in [0.1, 0.15) is 0 Å². The molecule has 16 heteroatoms. The fraction of sp³-hybridized carbons (Fsp3) is 0. The molecule has 0 aliphatic carbocycles. The molecule has 0 N–H and O–H groups in total. The molecule has 0 saturated heterocycles. The Morgan fingerprint density at radius 3 is 1.08 bits per heavy atom. The molecule has 10 aromatic carbocycles. The first-order valence-corrected chi connectivity index (χ1v) is 38.9. The van der Waals surface area contributed by atoms with Crippen LogP contribution in [-0.4, -0.2) is 79.9 Å². The zero-order valence-electron chi connectivity index (χ0n) is 60.6. The van der Waals surface area contributed by atoms with E-state index < -0.39 is 0 Å². The molecule has 24 aromatic rings. The summed E-state index contributed by atoms with van der Waals surface area (Å²) in [5.74, 6) is 0. The van der Waals surface area contributed by atoms with Gasteiger partial charge in [0.15, 0.2) is 0 Å². The van der Waals surface area contributed by atoms with Gasteiger partial charge in [-0.1, -0.05) is 152 Å². The lowest BCUT2D eigenvalue weighted by Gasteiger charge is -2.34. The average Bonchev–Trinajstić information content (AvgIpc) is 1.49. The number of pyridine rings is 6. The molecule has 0 fully saturated rings. The Bertz CT molecular complexity index is 8490. The van der Waals surface area contributed by atoms with Crippen LogP contribution in [0.25, 0.3) is 211 Å². The van der Waals surface area contributed by atoms with Gasteiger partial charge < -0.3 is 0 Å². The van der Waals surface area contributed by atoms with Crippen LogP contribution < -0.4 is 32.8 Å². The molecule has 0 unspecified atom stereocenters. The Kier molecular flexibility index (Phi) is 11.1. The lowest BCUT2D eigenvalue weighted by molar-refractivity contribution is 1.04. The first-order valence-electron chi connectivity index (χ1n) is 38.9. The van der Waals surface area contributed by atoms with Crippen molar-refractivity contribution in [3.8, 4) is 79.1 Å². The van der Waals surface area contributed by atoms with Gasteiger partial charge >= 0.3 is 0 Å². The number of benzene rings is 10. The quantitative estimate of drug-likeness (QED) is 0.147. The van der Waals surface area contributed by atoms with Gasteiger partial charge in [0.2, 0.25) is 0 Å². The molecule has 522 valence electrons. The number of hydrogen-bond donors (Lipinski definition) is 0. The van der Waals surface area contributed by atoms with Crippen molar-refractivity contribution < 1.29 is 0 Å². The summed E-state index contributed by atoms with van der Waals surface area (Å²) in [5.41, 5.74) is 36.7. The molecule has 18 heterocycles. The summed E-state index contributed by atoms with van der Waals surface area (Å²) in [7, 11) is 0. The van der Waals surface area contributed by atoms with Gasteiger partial charge in [-0.15, -0.1) is 0 Å². The highest BCUT2D eigenvalue weighted by Crippen LogP contribution is 2.50. The van der Waals surface area contributed by atoms with Crippen LogP contribution in [0.15, 0.2) is 328 Å². The minimum atomic E-state index is -0.118. The smallest absolute Gasteiger partial charge is 0.252 e. The Balaban J connectivity index is 0.693. The van der Waals surface area contributed by atoms with Crippen molar-refractivity contribution in [1.82, 2.24) is 66.4 Å². The normalized spacial score (nSPS) is 13.1. The van der Waals surface area contributed by atoms with Crippen LogP contribution in [0, 0.1) is 0 Å². The second kappa shape index (κ2) is 21.3. The van der Waals surface area contributed by atoms with E-state index in [9.17, 15) is 0 Å². The fourth-order valence-corrected chi connectivity index (χ4v) is 21.3. The van der Waals surface area contributed by atoms with Crippen LogP contribution in [0.2, 0.25) is 0 Å². The number of hydrogen-bond acceptors (Lipinski definition) is 6. The van der Waals surface area contributed by atoms with E-state index in [1.807, 2.05) is 43.1 Å². The predicted octanol–water partition coefficient (Wildman–Crippen LogP) is 17.5. The molecule has 14 nitrogen and oxygen atoms in total. The SMILES string of the molecule is c1ccc(-n2c3cccnc3c3c4cccc5c4n(c32)-c2cc(-c3ccccn3)cc3c2B5c2cccc4c5c6ncccc6n(-c6cccc(-c7cnc8c(c7)c7c9cccc%10c9n(c7n8-c7ccccc7)-c7cc(-c8ccccn8)cc8c7B%10c7cccc9c%10c%11cccnc%11n(-c%11ccccc%11)c%10n-8c79)c6)c5n-3c24)cc1. The van der Waals surface area contributed by atoms with E-state index in [1.165, 1.54) is 76.4 Å². The molecule has 0 bridgehead atoms. The standard InChI is InChI=1S/C98H54B2N14/c1-4-23-59(24-5-1)107-75-41-20-45-103-87(75)83-65-32-17-37-71-91(65)113(97(83)107)79-52-57(74-40-11-13-44-102-74)53-80-86(79)100(71)72-38-18-33-66-84-88-76(42-21-46-104-88)108(98(84)114(80)92(66)72)62-29-14-22-55(48-62)58-49-68-82-64-31-16-36-70-90(64)112(96(82)110(94(68)106-54-58)61-27-8-3-9-28-61)78-51-56(73-39-10-12-43-101-73)50-77-85(78)99(70)69-35-15-30-63-81-67-34-19-47-105-93(67)109(60-25-6-2-7-26-60)95(81)111(77)89(63)69/h1-54H. The molecule has 28 rings (SSSR count). The number of fused-ring (bicyclic) bond motifs is 28. The zero-order valence-corrected chi connectivity index (χ0v) is 60.6. The summed E-state index contributed by atoms with van der Waals surface area (Å²) in [6.07, 6.45) is 11.7. The van der Waals surface area contributed by atoms with E-state index in [1.54, 1.807) is 0 Å². The van der Waals surface area contributed by atoms with Crippen molar-refractivity contribution in [2.24, 2.45) is 0 Å². The Morgan fingerprint density at radius 1 is 0.228 bits per heavy atom. The van der Waals surface area contributed by atoms with Gasteiger partial charge in [0.05, 0.1) is 66.3 Å². The van der Waals surface area contributed by atoms with Crippen LogP contribution in [0.4, 0.5) is 0 Å². The first kappa shape index (κ1) is 59.5. The molecule has 0 amide bonds. The van der Waals surface area contributed by atoms with E-state index in [4.69, 9.17) is 29.9 Å². The van der Waals surface area contributed by atoms with Crippen molar-refractivity contribution in [3.05, 3.63) is 328 Å². The van der Waals surface area contributed by atoms with E-state index in [0.29, 0.717) is 0 Å². The summed E-state index contributed by atoms with van der Waals surface area (Å²) >= 11 is 0. The molecule has 0 radical (unpaired) electrons. The minimum Gasteiger partial charge on any atom is -0.296 e.